The summed E-state index contributed by atoms with van der Waals surface area (Å²) in [4.78, 5) is 4.33. The van der Waals surface area contributed by atoms with Crippen LogP contribution < -0.4 is 4.74 Å². The fourth-order valence-corrected chi connectivity index (χ4v) is 4.31. The van der Waals surface area contributed by atoms with E-state index in [1.807, 2.05) is 18.5 Å². The second-order valence-corrected chi connectivity index (χ2v) is 7.88. The van der Waals surface area contributed by atoms with Crippen molar-refractivity contribution in [3.8, 4) is 5.75 Å². The second kappa shape index (κ2) is 6.64. The lowest BCUT2D eigenvalue weighted by molar-refractivity contribution is 0.226. The Labute approximate surface area is 153 Å². The van der Waals surface area contributed by atoms with Crippen LogP contribution in [0.3, 0.4) is 0 Å². The minimum absolute atomic E-state index is 0.0133. The highest BCUT2D eigenvalue weighted by Crippen LogP contribution is 2.49. The molecule has 1 aromatic heterocycles. The first kappa shape index (κ1) is 16.3. The third-order valence-corrected chi connectivity index (χ3v) is 6.27. The zero-order valence-corrected chi connectivity index (χ0v) is 15.6. The van der Waals surface area contributed by atoms with E-state index in [1.54, 1.807) is 11.3 Å². The molecular weight excluding hydrogens is 326 g/mol. The van der Waals surface area contributed by atoms with Gasteiger partial charge in [-0.05, 0) is 49.9 Å². The molecule has 2 nitrogen and oxygen atoms in total. The van der Waals surface area contributed by atoms with Gasteiger partial charge in [0.25, 0.3) is 0 Å². The van der Waals surface area contributed by atoms with Gasteiger partial charge in [0, 0.05) is 17.0 Å². The molecule has 1 unspecified atom stereocenters. The summed E-state index contributed by atoms with van der Waals surface area (Å²) in [5.74, 6) is 0.907. The Kier molecular flexibility index (Phi) is 4.34. The third-order valence-electron chi connectivity index (χ3n) is 5.33. The summed E-state index contributed by atoms with van der Waals surface area (Å²) in [6, 6.07) is 17.7. The fourth-order valence-electron chi connectivity index (χ4n) is 3.69. The standard InChI is InChI=1S/C22H23NOS/c1-16-4-6-18(7-5-16)22(12-3-13-22)19-8-10-20(11-9-19)24-17(2)21-23-14-15-25-21/h4-11,14-15,17H,3,12-13H2,1-2H3. The number of ether oxygens (including phenoxy) is 1. The number of rotatable bonds is 5. The molecule has 1 atom stereocenters. The van der Waals surface area contributed by atoms with Crippen molar-refractivity contribution in [2.45, 2.75) is 44.6 Å². The Bertz CT molecular complexity index is 817. The van der Waals surface area contributed by atoms with Crippen LogP contribution >= 0.6 is 11.3 Å². The Balaban J connectivity index is 1.55. The minimum atomic E-state index is -0.0133. The fraction of sp³-hybridized carbons (Fsp3) is 0.318. The van der Waals surface area contributed by atoms with E-state index in [-0.39, 0.29) is 11.5 Å². The Morgan fingerprint density at radius 1 is 1.00 bits per heavy atom. The largest absolute Gasteiger partial charge is 0.484 e. The van der Waals surface area contributed by atoms with Crippen LogP contribution in [0.2, 0.25) is 0 Å². The average Bonchev–Trinajstić information content (AvgIpc) is 3.12. The average molecular weight is 349 g/mol. The molecule has 128 valence electrons. The van der Waals surface area contributed by atoms with E-state index in [2.05, 4.69) is 60.4 Å². The van der Waals surface area contributed by atoms with Crippen molar-refractivity contribution in [2.75, 3.05) is 0 Å². The Morgan fingerprint density at radius 2 is 1.64 bits per heavy atom. The van der Waals surface area contributed by atoms with Gasteiger partial charge in [0.05, 0.1) is 0 Å². The highest BCUT2D eigenvalue weighted by molar-refractivity contribution is 7.09. The highest BCUT2D eigenvalue weighted by Gasteiger charge is 2.40. The first-order valence-corrected chi connectivity index (χ1v) is 9.79. The molecule has 1 fully saturated rings. The lowest BCUT2D eigenvalue weighted by Crippen LogP contribution is -2.35. The van der Waals surface area contributed by atoms with E-state index in [0.717, 1.165) is 10.8 Å². The monoisotopic (exact) mass is 349 g/mol. The second-order valence-electron chi connectivity index (χ2n) is 6.96. The molecule has 0 saturated heterocycles. The van der Waals surface area contributed by atoms with Crippen LogP contribution in [0.4, 0.5) is 0 Å². The SMILES string of the molecule is Cc1ccc(C2(c3ccc(OC(C)c4nccs4)cc3)CCC2)cc1. The molecule has 0 aliphatic heterocycles. The number of benzene rings is 2. The number of aromatic nitrogens is 1. The van der Waals surface area contributed by atoms with Crippen molar-refractivity contribution in [3.05, 3.63) is 81.8 Å². The van der Waals surface area contributed by atoms with Gasteiger partial charge >= 0.3 is 0 Å². The number of nitrogens with zero attached hydrogens (tertiary/aromatic N) is 1. The molecular formula is C22H23NOS. The number of aryl methyl sites for hydroxylation is 1. The van der Waals surface area contributed by atoms with Crippen molar-refractivity contribution >= 4 is 11.3 Å². The molecule has 0 bridgehead atoms. The maximum Gasteiger partial charge on any atom is 0.147 e. The van der Waals surface area contributed by atoms with Gasteiger partial charge in [-0.1, -0.05) is 48.4 Å². The third kappa shape index (κ3) is 3.09. The van der Waals surface area contributed by atoms with E-state index in [4.69, 9.17) is 4.74 Å². The molecule has 0 N–H and O–H groups in total. The molecule has 0 spiro atoms. The van der Waals surface area contributed by atoms with Gasteiger partial charge < -0.3 is 4.74 Å². The molecule has 0 radical (unpaired) electrons. The summed E-state index contributed by atoms with van der Waals surface area (Å²) >= 11 is 1.63. The van der Waals surface area contributed by atoms with E-state index in [0.29, 0.717) is 0 Å². The molecule has 1 aliphatic carbocycles. The van der Waals surface area contributed by atoms with Crippen LogP contribution in [0.15, 0.2) is 60.1 Å². The van der Waals surface area contributed by atoms with Crippen LogP contribution in [-0.2, 0) is 5.41 Å². The van der Waals surface area contributed by atoms with Gasteiger partial charge in [-0.3, -0.25) is 0 Å². The molecule has 4 rings (SSSR count). The zero-order chi connectivity index (χ0) is 17.3. The van der Waals surface area contributed by atoms with Gasteiger partial charge in [0.15, 0.2) is 0 Å². The number of hydrogen-bond donors (Lipinski definition) is 0. The zero-order valence-electron chi connectivity index (χ0n) is 14.7. The topological polar surface area (TPSA) is 22.1 Å². The summed E-state index contributed by atoms with van der Waals surface area (Å²) in [7, 11) is 0. The van der Waals surface area contributed by atoms with Crippen molar-refractivity contribution in [2.24, 2.45) is 0 Å². The summed E-state index contributed by atoms with van der Waals surface area (Å²) in [6.45, 7) is 4.19. The minimum Gasteiger partial charge on any atom is -0.484 e. The lowest BCUT2D eigenvalue weighted by atomic mass is 9.60. The first-order valence-electron chi connectivity index (χ1n) is 8.91. The van der Waals surface area contributed by atoms with Gasteiger partial charge in [0.1, 0.15) is 16.9 Å². The van der Waals surface area contributed by atoms with Crippen LogP contribution in [-0.4, -0.2) is 4.98 Å². The maximum atomic E-state index is 6.05. The van der Waals surface area contributed by atoms with E-state index >= 15 is 0 Å². The first-order chi connectivity index (χ1) is 12.2. The summed E-state index contributed by atoms with van der Waals surface area (Å²) in [6.07, 6.45) is 5.57. The molecule has 2 aromatic carbocycles. The number of thiazole rings is 1. The van der Waals surface area contributed by atoms with Crippen LogP contribution in [0, 0.1) is 6.92 Å². The van der Waals surface area contributed by atoms with E-state index in [1.165, 1.54) is 36.0 Å². The molecule has 1 heterocycles. The summed E-state index contributed by atoms with van der Waals surface area (Å²) in [5, 5.41) is 3.00. The molecule has 1 aliphatic rings. The maximum absolute atomic E-state index is 6.05. The van der Waals surface area contributed by atoms with Crippen LogP contribution in [0.1, 0.15) is 54.0 Å². The Morgan fingerprint density at radius 3 is 2.16 bits per heavy atom. The van der Waals surface area contributed by atoms with Crippen LogP contribution in [0.5, 0.6) is 5.75 Å². The highest BCUT2D eigenvalue weighted by atomic mass is 32.1. The van der Waals surface area contributed by atoms with E-state index in [9.17, 15) is 0 Å². The Hall–Kier alpha value is -2.13. The predicted octanol–water partition coefficient (Wildman–Crippen LogP) is 6.06. The van der Waals surface area contributed by atoms with Gasteiger partial charge in [-0.2, -0.15) is 0 Å². The van der Waals surface area contributed by atoms with Crippen molar-refractivity contribution in [1.29, 1.82) is 0 Å². The molecule has 0 amide bonds. The lowest BCUT2D eigenvalue weighted by Gasteiger charge is -2.43. The summed E-state index contributed by atoms with van der Waals surface area (Å²) in [5.41, 5.74) is 4.34. The van der Waals surface area contributed by atoms with Crippen molar-refractivity contribution in [1.82, 2.24) is 4.98 Å². The van der Waals surface area contributed by atoms with E-state index < -0.39 is 0 Å². The number of hydrogen-bond acceptors (Lipinski definition) is 3. The smallest absolute Gasteiger partial charge is 0.147 e. The molecule has 25 heavy (non-hydrogen) atoms. The van der Waals surface area contributed by atoms with Gasteiger partial charge in [-0.25, -0.2) is 4.98 Å². The molecule has 3 aromatic rings. The molecule has 1 saturated carbocycles. The van der Waals surface area contributed by atoms with Gasteiger partial charge in [-0.15, -0.1) is 11.3 Å². The van der Waals surface area contributed by atoms with Gasteiger partial charge in [0.2, 0.25) is 0 Å². The summed E-state index contributed by atoms with van der Waals surface area (Å²) < 4.78 is 6.05. The van der Waals surface area contributed by atoms with Crippen molar-refractivity contribution in [3.63, 3.8) is 0 Å². The normalized spacial score (nSPS) is 16.9. The van der Waals surface area contributed by atoms with Crippen LogP contribution in [0.25, 0.3) is 0 Å². The molecule has 3 heteroatoms. The quantitative estimate of drug-likeness (QED) is 0.558. The van der Waals surface area contributed by atoms with Crippen molar-refractivity contribution < 1.29 is 4.74 Å². The predicted molar refractivity (Wildman–Crippen MR) is 103 cm³/mol.